The number of amides is 1. The van der Waals surface area contributed by atoms with Gasteiger partial charge in [-0.05, 0) is 24.6 Å². The molecule has 0 saturated carbocycles. The lowest BCUT2D eigenvalue weighted by atomic mass is 10.1. The van der Waals surface area contributed by atoms with Crippen molar-refractivity contribution < 1.29 is 19.1 Å². The minimum Gasteiger partial charge on any atom is -0.497 e. The smallest absolute Gasteiger partial charge is 0.258 e. The fraction of sp³-hybridized carbons (Fsp3) is 0.222. The third-order valence-electron chi connectivity index (χ3n) is 3.26. The van der Waals surface area contributed by atoms with E-state index in [2.05, 4.69) is 5.32 Å². The van der Waals surface area contributed by atoms with E-state index in [1.165, 1.54) is 14.0 Å². The summed E-state index contributed by atoms with van der Waals surface area (Å²) in [5.41, 5.74) is 1.42. The fourth-order valence-corrected chi connectivity index (χ4v) is 2.03. The number of rotatable bonds is 7. The van der Waals surface area contributed by atoms with Crippen molar-refractivity contribution in [1.82, 2.24) is 5.32 Å². The molecule has 0 bridgehead atoms. The van der Waals surface area contributed by atoms with E-state index >= 15 is 0 Å². The van der Waals surface area contributed by atoms with E-state index in [-0.39, 0.29) is 18.3 Å². The lowest BCUT2D eigenvalue weighted by molar-refractivity contribution is -0.123. The molecule has 5 nitrogen and oxygen atoms in total. The summed E-state index contributed by atoms with van der Waals surface area (Å²) < 4.78 is 10.6. The summed E-state index contributed by atoms with van der Waals surface area (Å²) in [5, 5.41) is 2.77. The summed E-state index contributed by atoms with van der Waals surface area (Å²) >= 11 is 0. The predicted octanol–water partition coefficient (Wildman–Crippen LogP) is 2.59. The van der Waals surface area contributed by atoms with Crippen molar-refractivity contribution >= 4 is 11.7 Å². The van der Waals surface area contributed by atoms with Gasteiger partial charge in [-0.25, -0.2) is 0 Å². The topological polar surface area (TPSA) is 64.6 Å². The lowest BCUT2D eigenvalue weighted by Crippen LogP contribution is -2.28. The van der Waals surface area contributed by atoms with E-state index in [0.29, 0.717) is 23.6 Å². The number of carbonyl (C=O) groups excluding carboxylic acids is 2. The molecule has 0 aliphatic heterocycles. The van der Waals surface area contributed by atoms with Crippen LogP contribution in [0.1, 0.15) is 22.8 Å². The normalized spacial score (nSPS) is 10.0. The van der Waals surface area contributed by atoms with Gasteiger partial charge in [0.25, 0.3) is 5.91 Å². The summed E-state index contributed by atoms with van der Waals surface area (Å²) in [4.78, 5) is 23.5. The number of methoxy groups -OCH3 is 1. The molecule has 1 N–H and O–H groups in total. The number of hydrogen-bond donors (Lipinski definition) is 1. The van der Waals surface area contributed by atoms with Crippen molar-refractivity contribution in [3.05, 3.63) is 59.7 Å². The van der Waals surface area contributed by atoms with E-state index in [9.17, 15) is 9.59 Å². The van der Waals surface area contributed by atoms with Gasteiger partial charge >= 0.3 is 0 Å². The van der Waals surface area contributed by atoms with Crippen LogP contribution < -0.4 is 14.8 Å². The van der Waals surface area contributed by atoms with Crippen molar-refractivity contribution in [2.24, 2.45) is 0 Å². The van der Waals surface area contributed by atoms with Gasteiger partial charge in [-0.3, -0.25) is 9.59 Å². The molecule has 0 unspecified atom stereocenters. The largest absolute Gasteiger partial charge is 0.497 e. The van der Waals surface area contributed by atoms with Gasteiger partial charge in [-0.2, -0.15) is 0 Å². The second-order valence-electron chi connectivity index (χ2n) is 4.97. The van der Waals surface area contributed by atoms with Crippen LogP contribution in [0.3, 0.4) is 0 Å². The van der Waals surface area contributed by atoms with Gasteiger partial charge < -0.3 is 14.8 Å². The fourth-order valence-electron chi connectivity index (χ4n) is 2.03. The third-order valence-corrected chi connectivity index (χ3v) is 3.26. The van der Waals surface area contributed by atoms with Crippen LogP contribution in [-0.4, -0.2) is 25.4 Å². The van der Waals surface area contributed by atoms with E-state index < -0.39 is 0 Å². The zero-order valence-electron chi connectivity index (χ0n) is 13.2. The summed E-state index contributed by atoms with van der Waals surface area (Å²) in [6, 6.07) is 14.5. The number of benzene rings is 2. The molecule has 2 rings (SSSR count). The minimum absolute atomic E-state index is 0.132. The van der Waals surface area contributed by atoms with Gasteiger partial charge in [0, 0.05) is 12.6 Å². The average molecular weight is 313 g/mol. The second kappa shape index (κ2) is 7.98. The molecule has 0 radical (unpaired) electrons. The first-order chi connectivity index (χ1) is 11.1. The van der Waals surface area contributed by atoms with Crippen LogP contribution in [0.5, 0.6) is 11.5 Å². The third kappa shape index (κ3) is 4.85. The summed E-state index contributed by atoms with van der Waals surface area (Å²) in [6.45, 7) is 1.71. The Hall–Kier alpha value is -2.82. The number of Topliss-reactive ketones (excluding diaryl/α,β-unsaturated/α-hetero) is 1. The Balaban J connectivity index is 1.94. The molecule has 120 valence electrons. The number of carbonyl (C=O) groups is 2. The van der Waals surface area contributed by atoms with Crippen LogP contribution >= 0.6 is 0 Å². The van der Waals surface area contributed by atoms with Gasteiger partial charge in [0.05, 0.1) is 12.7 Å². The average Bonchev–Trinajstić information content (AvgIpc) is 2.58. The minimum atomic E-state index is -0.258. The van der Waals surface area contributed by atoms with Crippen molar-refractivity contribution in [1.29, 1.82) is 0 Å². The highest BCUT2D eigenvalue weighted by atomic mass is 16.5. The van der Waals surface area contributed by atoms with Crippen LogP contribution in [0.2, 0.25) is 0 Å². The zero-order chi connectivity index (χ0) is 16.7. The number of ether oxygens (including phenoxy) is 2. The maximum atomic E-state index is 11.9. The monoisotopic (exact) mass is 313 g/mol. The summed E-state index contributed by atoms with van der Waals surface area (Å²) in [5.74, 6) is 0.514. The zero-order valence-corrected chi connectivity index (χ0v) is 13.2. The molecule has 0 fully saturated rings. The standard InChI is InChI=1S/C18H19NO4/c1-13(20)16-9-8-15(22-2)10-17(16)23-12-18(21)19-11-14-6-4-3-5-7-14/h3-10H,11-12H2,1-2H3,(H,19,21). The molecule has 0 aromatic heterocycles. The maximum absolute atomic E-state index is 11.9. The lowest BCUT2D eigenvalue weighted by Gasteiger charge is -2.11. The predicted molar refractivity (Wildman–Crippen MR) is 86.8 cm³/mol. The molecule has 0 aliphatic carbocycles. The van der Waals surface area contributed by atoms with Crippen molar-refractivity contribution in [3.63, 3.8) is 0 Å². The quantitative estimate of drug-likeness (QED) is 0.798. The van der Waals surface area contributed by atoms with E-state index in [4.69, 9.17) is 9.47 Å². The Morgan fingerprint density at radius 3 is 2.48 bits per heavy atom. The van der Waals surface area contributed by atoms with Gasteiger partial charge in [-0.1, -0.05) is 30.3 Å². The molecule has 0 aliphatic rings. The van der Waals surface area contributed by atoms with E-state index in [1.54, 1.807) is 18.2 Å². The van der Waals surface area contributed by atoms with Crippen LogP contribution in [0.25, 0.3) is 0 Å². The van der Waals surface area contributed by atoms with E-state index in [1.807, 2.05) is 30.3 Å². The molecule has 23 heavy (non-hydrogen) atoms. The Labute approximate surface area is 135 Å². The molecule has 0 spiro atoms. The first-order valence-electron chi connectivity index (χ1n) is 7.22. The molecule has 0 atom stereocenters. The number of ketones is 1. The molecule has 0 saturated heterocycles. The van der Waals surface area contributed by atoms with Crippen LogP contribution in [0, 0.1) is 0 Å². The van der Waals surface area contributed by atoms with Crippen LogP contribution in [0.15, 0.2) is 48.5 Å². The van der Waals surface area contributed by atoms with Crippen molar-refractivity contribution in [3.8, 4) is 11.5 Å². The number of hydrogen-bond acceptors (Lipinski definition) is 4. The molecular formula is C18H19NO4. The first-order valence-corrected chi connectivity index (χ1v) is 7.22. The molecule has 0 heterocycles. The van der Waals surface area contributed by atoms with E-state index in [0.717, 1.165) is 5.56 Å². The highest BCUT2D eigenvalue weighted by Crippen LogP contribution is 2.25. The Morgan fingerprint density at radius 2 is 1.83 bits per heavy atom. The summed E-state index contributed by atoms with van der Waals surface area (Å²) in [7, 11) is 1.53. The Kier molecular flexibility index (Phi) is 5.74. The van der Waals surface area contributed by atoms with Gasteiger partial charge in [0.2, 0.25) is 0 Å². The van der Waals surface area contributed by atoms with Gasteiger partial charge in [-0.15, -0.1) is 0 Å². The molecule has 1 amide bonds. The maximum Gasteiger partial charge on any atom is 0.258 e. The molecule has 5 heteroatoms. The summed E-state index contributed by atoms with van der Waals surface area (Å²) in [6.07, 6.45) is 0. The SMILES string of the molecule is COc1ccc(C(C)=O)c(OCC(=O)NCc2ccccc2)c1. The first kappa shape index (κ1) is 16.5. The molecule has 2 aromatic rings. The van der Waals surface area contributed by atoms with Crippen LogP contribution in [0.4, 0.5) is 0 Å². The molecule has 2 aromatic carbocycles. The Morgan fingerprint density at radius 1 is 1.09 bits per heavy atom. The van der Waals surface area contributed by atoms with Gasteiger partial charge in [0.15, 0.2) is 12.4 Å². The van der Waals surface area contributed by atoms with Crippen LogP contribution in [-0.2, 0) is 11.3 Å². The molecular weight excluding hydrogens is 294 g/mol. The number of nitrogens with one attached hydrogen (secondary N) is 1. The highest BCUT2D eigenvalue weighted by Gasteiger charge is 2.12. The second-order valence-corrected chi connectivity index (χ2v) is 4.97. The Bertz CT molecular complexity index is 683. The van der Waals surface area contributed by atoms with Crippen molar-refractivity contribution in [2.75, 3.05) is 13.7 Å². The van der Waals surface area contributed by atoms with Crippen molar-refractivity contribution in [2.45, 2.75) is 13.5 Å². The van der Waals surface area contributed by atoms with Gasteiger partial charge in [0.1, 0.15) is 11.5 Å². The highest BCUT2D eigenvalue weighted by molar-refractivity contribution is 5.97.